The third-order valence-corrected chi connectivity index (χ3v) is 3.20. The Kier molecular flexibility index (Phi) is 6.05. The van der Waals surface area contributed by atoms with E-state index in [9.17, 15) is 19.7 Å². The van der Waals surface area contributed by atoms with Gasteiger partial charge in [0.25, 0.3) is 5.91 Å². The number of benzene rings is 1. The summed E-state index contributed by atoms with van der Waals surface area (Å²) in [7, 11) is 0. The molecule has 0 fully saturated rings. The van der Waals surface area contributed by atoms with Crippen LogP contribution in [-0.2, 0) is 14.3 Å². The zero-order chi connectivity index (χ0) is 18.2. The first-order valence-corrected chi connectivity index (χ1v) is 7.39. The van der Waals surface area contributed by atoms with Crippen LogP contribution < -0.4 is 5.32 Å². The molecule has 8 nitrogen and oxygen atoms in total. The van der Waals surface area contributed by atoms with E-state index < -0.39 is 29.3 Å². The molecule has 0 saturated carbocycles. The second-order valence-electron chi connectivity index (χ2n) is 5.07. The summed E-state index contributed by atoms with van der Waals surface area (Å²) < 4.78 is 9.65. The van der Waals surface area contributed by atoms with Gasteiger partial charge in [0.2, 0.25) is 0 Å². The van der Waals surface area contributed by atoms with Crippen molar-refractivity contribution in [1.82, 2.24) is 5.32 Å². The molecular formula is C17H16N2O6. The number of carbonyl (C=O) groups excluding carboxylic acids is 2. The molecule has 130 valence electrons. The van der Waals surface area contributed by atoms with Crippen LogP contribution in [0.4, 0.5) is 5.88 Å². The highest BCUT2D eigenvalue weighted by Gasteiger charge is 2.12. The average Bonchev–Trinajstić information content (AvgIpc) is 3.08. The van der Waals surface area contributed by atoms with Crippen LogP contribution in [0.25, 0.3) is 6.08 Å². The van der Waals surface area contributed by atoms with Crippen LogP contribution in [0.2, 0.25) is 0 Å². The quantitative estimate of drug-likeness (QED) is 0.358. The van der Waals surface area contributed by atoms with Crippen LogP contribution in [0.3, 0.4) is 0 Å². The van der Waals surface area contributed by atoms with Crippen molar-refractivity contribution in [2.45, 2.75) is 13.0 Å². The molecule has 0 aliphatic heterocycles. The number of carbonyl (C=O) groups is 2. The highest BCUT2D eigenvalue weighted by molar-refractivity contribution is 5.89. The normalized spacial score (nSPS) is 11.9. The molecule has 1 N–H and O–H groups in total. The molecule has 0 unspecified atom stereocenters. The van der Waals surface area contributed by atoms with Gasteiger partial charge in [-0.25, -0.2) is 4.79 Å². The Morgan fingerprint density at radius 3 is 2.64 bits per heavy atom. The SMILES string of the molecule is C[C@H](NC(=O)COC(=O)/C=C/c1ccc([N+](=O)[O-])o1)c1ccccc1. The van der Waals surface area contributed by atoms with Crippen molar-refractivity contribution >= 4 is 23.8 Å². The van der Waals surface area contributed by atoms with E-state index in [2.05, 4.69) is 5.32 Å². The minimum Gasteiger partial charge on any atom is -0.452 e. The van der Waals surface area contributed by atoms with Gasteiger partial charge in [-0.2, -0.15) is 0 Å². The van der Waals surface area contributed by atoms with Gasteiger partial charge in [0.1, 0.15) is 10.7 Å². The predicted octanol–water partition coefficient (Wildman–Crippen LogP) is 2.62. The largest absolute Gasteiger partial charge is 0.452 e. The van der Waals surface area contributed by atoms with Crippen LogP contribution in [0.5, 0.6) is 0 Å². The number of esters is 1. The zero-order valence-corrected chi connectivity index (χ0v) is 13.4. The number of furan rings is 1. The van der Waals surface area contributed by atoms with Crippen LogP contribution in [0, 0.1) is 10.1 Å². The van der Waals surface area contributed by atoms with E-state index >= 15 is 0 Å². The standard InChI is InChI=1S/C17H16N2O6/c1-12(13-5-3-2-4-6-13)18-15(20)11-24-17(21)10-8-14-7-9-16(25-14)19(22)23/h2-10,12H,11H2,1H3,(H,18,20)/b10-8+/t12-/m0/s1. The van der Waals surface area contributed by atoms with Crippen molar-refractivity contribution in [3.8, 4) is 0 Å². The van der Waals surface area contributed by atoms with E-state index in [4.69, 9.17) is 9.15 Å². The fraction of sp³-hybridized carbons (Fsp3) is 0.176. The lowest BCUT2D eigenvalue weighted by Crippen LogP contribution is -2.30. The molecule has 1 heterocycles. The maximum atomic E-state index is 11.8. The number of amides is 1. The molecule has 0 radical (unpaired) electrons. The molecule has 0 bridgehead atoms. The monoisotopic (exact) mass is 344 g/mol. The second-order valence-corrected chi connectivity index (χ2v) is 5.07. The molecule has 0 spiro atoms. The van der Waals surface area contributed by atoms with E-state index in [1.807, 2.05) is 37.3 Å². The van der Waals surface area contributed by atoms with Gasteiger partial charge in [0.15, 0.2) is 6.61 Å². The fourth-order valence-electron chi connectivity index (χ4n) is 1.97. The smallest absolute Gasteiger partial charge is 0.433 e. The van der Waals surface area contributed by atoms with E-state index in [1.165, 1.54) is 18.2 Å². The first-order chi connectivity index (χ1) is 12.0. The Morgan fingerprint density at radius 2 is 2.00 bits per heavy atom. The van der Waals surface area contributed by atoms with Gasteiger partial charge < -0.3 is 14.5 Å². The van der Waals surface area contributed by atoms with E-state index in [0.29, 0.717) is 0 Å². The van der Waals surface area contributed by atoms with E-state index in [0.717, 1.165) is 11.6 Å². The highest BCUT2D eigenvalue weighted by atomic mass is 16.6. The molecule has 1 aromatic heterocycles. The van der Waals surface area contributed by atoms with E-state index in [1.54, 1.807) is 0 Å². The summed E-state index contributed by atoms with van der Waals surface area (Å²) in [5, 5.41) is 13.2. The Morgan fingerprint density at radius 1 is 1.28 bits per heavy atom. The number of nitro groups is 1. The molecule has 1 atom stereocenters. The summed E-state index contributed by atoms with van der Waals surface area (Å²) in [6.45, 7) is 1.39. The lowest BCUT2D eigenvalue weighted by atomic mass is 10.1. The molecular weight excluding hydrogens is 328 g/mol. The van der Waals surface area contributed by atoms with Crippen molar-refractivity contribution in [1.29, 1.82) is 0 Å². The number of nitrogens with one attached hydrogen (secondary N) is 1. The maximum absolute atomic E-state index is 11.8. The lowest BCUT2D eigenvalue weighted by molar-refractivity contribution is -0.402. The summed E-state index contributed by atoms with van der Waals surface area (Å²) in [4.78, 5) is 33.1. The molecule has 0 aliphatic rings. The molecule has 25 heavy (non-hydrogen) atoms. The Labute approximate surface area is 143 Å². The third kappa shape index (κ3) is 5.61. The van der Waals surface area contributed by atoms with Gasteiger partial charge in [-0.05, 0) is 24.6 Å². The van der Waals surface area contributed by atoms with Crippen molar-refractivity contribution in [2.24, 2.45) is 0 Å². The Balaban J connectivity index is 1.78. The minimum absolute atomic E-state index is 0.130. The van der Waals surface area contributed by atoms with Gasteiger partial charge in [-0.15, -0.1) is 0 Å². The Hall–Kier alpha value is -3.42. The number of nitrogens with zero attached hydrogens (tertiary/aromatic N) is 1. The molecule has 0 saturated heterocycles. The van der Waals surface area contributed by atoms with Gasteiger partial charge >= 0.3 is 11.9 Å². The van der Waals surface area contributed by atoms with Gasteiger partial charge in [0, 0.05) is 6.08 Å². The lowest BCUT2D eigenvalue weighted by Gasteiger charge is -2.13. The molecule has 0 aliphatic carbocycles. The molecule has 1 aromatic carbocycles. The van der Waals surface area contributed by atoms with Gasteiger partial charge in [0.05, 0.1) is 12.1 Å². The van der Waals surface area contributed by atoms with Crippen LogP contribution in [0.1, 0.15) is 24.3 Å². The van der Waals surface area contributed by atoms with Gasteiger partial charge in [-0.3, -0.25) is 14.9 Å². The van der Waals surface area contributed by atoms with Crippen LogP contribution in [0.15, 0.2) is 53.0 Å². The predicted molar refractivity (Wildman–Crippen MR) is 88.4 cm³/mol. The first-order valence-electron chi connectivity index (χ1n) is 7.39. The Bertz CT molecular complexity index is 781. The topological polar surface area (TPSA) is 112 Å². The third-order valence-electron chi connectivity index (χ3n) is 3.20. The highest BCUT2D eigenvalue weighted by Crippen LogP contribution is 2.16. The van der Waals surface area contributed by atoms with Gasteiger partial charge in [-0.1, -0.05) is 30.3 Å². The summed E-state index contributed by atoms with van der Waals surface area (Å²) in [5.74, 6) is -1.50. The molecule has 8 heteroatoms. The summed E-state index contributed by atoms with van der Waals surface area (Å²) in [6, 6.07) is 11.7. The number of hydrogen-bond acceptors (Lipinski definition) is 6. The van der Waals surface area contributed by atoms with E-state index in [-0.39, 0.29) is 11.8 Å². The summed E-state index contributed by atoms with van der Waals surface area (Å²) >= 11 is 0. The number of hydrogen-bond donors (Lipinski definition) is 1. The molecule has 2 aromatic rings. The number of ether oxygens (including phenoxy) is 1. The van der Waals surface area contributed by atoms with Crippen molar-refractivity contribution < 1.29 is 23.7 Å². The second kappa shape index (κ2) is 8.44. The van der Waals surface area contributed by atoms with Crippen molar-refractivity contribution in [3.63, 3.8) is 0 Å². The number of rotatable bonds is 7. The summed E-state index contributed by atoms with van der Waals surface area (Å²) in [6.07, 6.45) is 2.25. The van der Waals surface area contributed by atoms with Crippen molar-refractivity contribution in [3.05, 3.63) is 70.0 Å². The minimum atomic E-state index is -0.762. The fourth-order valence-corrected chi connectivity index (χ4v) is 1.97. The van der Waals surface area contributed by atoms with Crippen LogP contribution >= 0.6 is 0 Å². The maximum Gasteiger partial charge on any atom is 0.433 e. The van der Waals surface area contributed by atoms with Crippen LogP contribution in [-0.4, -0.2) is 23.4 Å². The molecule has 1 amide bonds. The average molecular weight is 344 g/mol. The zero-order valence-electron chi connectivity index (χ0n) is 13.4. The van der Waals surface area contributed by atoms with Crippen molar-refractivity contribution in [2.75, 3.05) is 6.61 Å². The first kappa shape index (κ1) is 17.9. The summed E-state index contributed by atoms with van der Waals surface area (Å²) in [5.41, 5.74) is 0.932. The molecule has 2 rings (SSSR count).